The van der Waals surface area contributed by atoms with Gasteiger partial charge in [0.05, 0.1) is 35.5 Å². The number of benzene rings is 1. The molecular weight excluding hydrogens is 492 g/mol. The van der Waals surface area contributed by atoms with E-state index < -0.39 is 22.6 Å². The molecule has 1 aromatic heterocycles. The molecule has 7 unspecified atom stereocenters. The fraction of sp³-hybridized carbons (Fsp3) is 0.552. The molecule has 0 spiro atoms. The second-order valence-corrected chi connectivity index (χ2v) is 12.7. The van der Waals surface area contributed by atoms with E-state index in [0.717, 1.165) is 47.1 Å². The quantitative estimate of drug-likeness (QED) is 0.562. The van der Waals surface area contributed by atoms with Crippen LogP contribution in [0, 0.1) is 45.7 Å². The van der Waals surface area contributed by atoms with E-state index in [9.17, 15) is 14.3 Å². The van der Waals surface area contributed by atoms with Gasteiger partial charge in [-0.3, -0.25) is 4.79 Å². The van der Waals surface area contributed by atoms with Gasteiger partial charge in [-0.15, -0.1) is 0 Å². The zero-order valence-corrected chi connectivity index (χ0v) is 21.9. The van der Waals surface area contributed by atoms with Gasteiger partial charge in [0.2, 0.25) is 0 Å². The Balaban J connectivity index is 1.35. The minimum Gasteiger partial charge on any atom is -0.390 e. The van der Waals surface area contributed by atoms with Crippen molar-refractivity contribution in [2.75, 3.05) is 5.75 Å². The second kappa shape index (κ2) is 8.51. The van der Waals surface area contributed by atoms with E-state index >= 15 is 4.39 Å². The molecule has 3 saturated carbocycles. The Labute approximate surface area is 219 Å². The Morgan fingerprint density at radius 3 is 2.73 bits per heavy atom. The lowest BCUT2D eigenvalue weighted by molar-refractivity contribution is -0.205. The number of carbonyl (C=O) groups is 1. The van der Waals surface area contributed by atoms with Crippen LogP contribution in [0.1, 0.15) is 57.2 Å². The Morgan fingerprint density at radius 2 is 2.00 bits per heavy atom. The molecule has 37 heavy (non-hydrogen) atoms. The van der Waals surface area contributed by atoms with Gasteiger partial charge in [-0.1, -0.05) is 31.2 Å². The van der Waals surface area contributed by atoms with E-state index in [1.165, 1.54) is 12.1 Å². The molecule has 2 aromatic rings. The van der Waals surface area contributed by atoms with Crippen LogP contribution >= 0.6 is 11.8 Å². The minimum absolute atomic E-state index is 0.00299. The third-order valence-corrected chi connectivity index (χ3v) is 11.1. The van der Waals surface area contributed by atoms with Gasteiger partial charge in [0.1, 0.15) is 11.5 Å². The number of alkyl halides is 1. The summed E-state index contributed by atoms with van der Waals surface area (Å²) in [6.07, 6.45) is 6.10. The number of rotatable bonds is 3. The molecule has 8 heteroatoms. The van der Waals surface area contributed by atoms with E-state index in [1.54, 1.807) is 23.0 Å². The van der Waals surface area contributed by atoms with Gasteiger partial charge in [-0.25, -0.2) is 13.5 Å². The van der Waals surface area contributed by atoms with Crippen molar-refractivity contribution >= 4 is 23.0 Å². The van der Waals surface area contributed by atoms with Crippen molar-refractivity contribution in [2.45, 2.75) is 64.1 Å². The largest absolute Gasteiger partial charge is 0.390 e. The fourth-order valence-electron chi connectivity index (χ4n) is 8.43. The van der Waals surface area contributed by atoms with E-state index in [4.69, 9.17) is 5.26 Å². The molecule has 1 aromatic carbocycles. The Hall–Kier alpha value is -2.50. The van der Waals surface area contributed by atoms with E-state index in [-0.39, 0.29) is 40.9 Å². The number of allylic oxidation sites excluding steroid dienone is 1. The van der Waals surface area contributed by atoms with Crippen molar-refractivity contribution in [1.82, 2.24) is 9.78 Å². The standard InChI is InChI=1S/C29H31F2N3O2S/c1-27-15-25(35)29(31)22(21(27)9-10-23(27)26(36)37-12-11-32)8-3-18-13-24-17(14-28(18,29)2)16-33-34(24)20-6-4-19(30)5-7-20/h4-7,13,16,21-23,25,35H,3,8-10,12,14-15H2,1-2H3. The predicted molar refractivity (Wildman–Crippen MR) is 138 cm³/mol. The van der Waals surface area contributed by atoms with Crippen LogP contribution in [0.5, 0.6) is 0 Å². The maximum absolute atomic E-state index is 17.6. The molecule has 1 N–H and O–H groups in total. The lowest BCUT2D eigenvalue weighted by Crippen LogP contribution is -2.67. The van der Waals surface area contributed by atoms with Crippen molar-refractivity contribution in [3.8, 4) is 11.8 Å². The molecule has 0 saturated heterocycles. The highest BCUT2D eigenvalue weighted by Crippen LogP contribution is 2.69. The summed E-state index contributed by atoms with van der Waals surface area (Å²) in [6.45, 7) is 4.01. The van der Waals surface area contributed by atoms with Crippen LogP contribution in [0.4, 0.5) is 8.78 Å². The monoisotopic (exact) mass is 523 g/mol. The van der Waals surface area contributed by atoms with Crippen LogP contribution in [-0.4, -0.2) is 37.5 Å². The molecule has 7 atom stereocenters. The zero-order chi connectivity index (χ0) is 26.2. The first-order valence-corrected chi connectivity index (χ1v) is 14.1. The number of fused-ring (bicyclic) bond motifs is 6. The number of hydrogen-bond acceptors (Lipinski definition) is 5. The summed E-state index contributed by atoms with van der Waals surface area (Å²) in [5, 5.41) is 25.1. The topological polar surface area (TPSA) is 78.9 Å². The van der Waals surface area contributed by atoms with E-state index in [1.807, 2.05) is 19.1 Å². The molecule has 0 radical (unpaired) electrons. The Kier molecular flexibility index (Phi) is 5.70. The molecule has 0 aliphatic heterocycles. The number of hydrogen-bond donors (Lipinski definition) is 1. The molecular formula is C29H31F2N3O2S. The number of halogens is 2. The number of carbonyl (C=O) groups excluding carboxylic acids is 1. The summed E-state index contributed by atoms with van der Waals surface area (Å²) in [5.74, 6) is -0.775. The molecule has 4 aliphatic carbocycles. The number of aromatic nitrogens is 2. The number of nitriles is 1. The van der Waals surface area contributed by atoms with Gasteiger partial charge in [-0.2, -0.15) is 10.4 Å². The van der Waals surface area contributed by atoms with Crippen LogP contribution in [-0.2, 0) is 11.2 Å². The Bertz CT molecular complexity index is 1330. The van der Waals surface area contributed by atoms with Crippen molar-refractivity contribution in [3.63, 3.8) is 0 Å². The Morgan fingerprint density at radius 1 is 1.24 bits per heavy atom. The molecule has 0 bridgehead atoms. The van der Waals surface area contributed by atoms with E-state index in [0.29, 0.717) is 19.3 Å². The summed E-state index contributed by atoms with van der Waals surface area (Å²) in [4.78, 5) is 13.0. The molecule has 3 fully saturated rings. The average molecular weight is 524 g/mol. The highest BCUT2D eigenvalue weighted by atomic mass is 32.2. The molecule has 6 rings (SSSR count). The minimum atomic E-state index is -1.81. The van der Waals surface area contributed by atoms with Crippen molar-refractivity contribution in [3.05, 3.63) is 53.1 Å². The van der Waals surface area contributed by atoms with Crippen molar-refractivity contribution in [1.29, 1.82) is 5.26 Å². The van der Waals surface area contributed by atoms with Crippen molar-refractivity contribution < 1.29 is 18.7 Å². The first kappa shape index (κ1) is 24.8. The molecule has 5 nitrogen and oxygen atoms in total. The predicted octanol–water partition coefficient (Wildman–Crippen LogP) is 5.66. The summed E-state index contributed by atoms with van der Waals surface area (Å²) in [7, 11) is 0. The SMILES string of the molecule is CC12CC(O)C3(F)C(CCC4=Cc5c(cnn5-c5ccc(F)cc5)CC43C)C1CCC2C(=O)SCC#N. The molecule has 4 aliphatic rings. The first-order chi connectivity index (χ1) is 17.6. The zero-order valence-electron chi connectivity index (χ0n) is 21.1. The first-order valence-electron chi connectivity index (χ1n) is 13.1. The third-order valence-electron chi connectivity index (χ3n) is 10.2. The molecule has 1 heterocycles. The summed E-state index contributed by atoms with van der Waals surface area (Å²) >= 11 is 1.05. The number of aliphatic hydroxyl groups is 1. The number of aliphatic hydroxyl groups excluding tert-OH is 1. The smallest absolute Gasteiger partial charge is 0.193 e. The van der Waals surface area contributed by atoms with Crippen LogP contribution < -0.4 is 0 Å². The van der Waals surface area contributed by atoms with Gasteiger partial charge < -0.3 is 5.11 Å². The van der Waals surface area contributed by atoms with Crippen LogP contribution in [0.3, 0.4) is 0 Å². The average Bonchev–Trinajstić information content (AvgIpc) is 3.42. The van der Waals surface area contributed by atoms with Gasteiger partial charge in [-0.05, 0) is 85.8 Å². The normalized spacial score (nSPS) is 38.0. The third kappa shape index (κ3) is 3.36. The number of nitrogens with zero attached hydrogens (tertiary/aromatic N) is 3. The highest BCUT2D eigenvalue weighted by molar-refractivity contribution is 8.13. The second-order valence-electron chi connectivity index (χ2n) is 11.8. The highest BCUT2D eigenvalue weighted by Gasteiger charge is 2.71. The van der Waals surface area contributed by atoms with E-state index in [2.05, 4.69) is 12.0 Å². The number of thioether (sulfide) groups is 1. The summed E-state index contributed by atoms with van der Waals surface area (Å²) in [6, 6.07) is 8.20. The maximum Gasteiger partial charge on any atom is 0.193 e. The molecule has 0 amide bonds. The van der Waals surface area contributed by atoms with Gasteiger partial charge in [0.25, 0.3) is 0 Å². The summed E-state index contributed by atoms with van der Waals surface area (Å²) in [5.41, 5.74) is 0.381. The van der Waals surface area contributed by atoms with Crippen LogP contribution in [0.15, 0.2) is 36.0 Å². The van der Waals surface area contributed by atoms with Gasteiger partial charge in [0.15, 0.2) is 5.12 Å². The summed E-state index contributed by atoms with van der Waals surface area (Å²) < 4.78 is 32.9. The van der Waals surface area contributed by atoms with Crippen LogP contribution in [0.2, 0.25) is 0 Å². The van der Waals surface area contributed by atoms with Crippen LogP contribution in [0.25, 0.3) is 11.8 Å². The van der Waals surface area contributed by atoms with Gasteiger partial charge >= 0.3 is 0 Å². The maximum atomic E-state index is 17.6. The van der Waals surface area contributed by atoms with Crippen molar-refractivity contribution in [2.24, 2.45) is 28.6 Å². The lowest BCUT2D eigenvalue weighted by atomic mass is 9.44. The fourth-order valence-corrected chi connectivity index (χ4v) is 9.23. The lowest BCUT2D eigenvalue weighted by Gasteiger charge is -2.62. The molecule has 194 valence electrons. The van der Waals surface area contributed by atoms with Gasteiger partial charge in [0, 0.05) is 17.3 Å².